The van der Waals surface area contributed by atoms with Crippen molar-refractivity contribution >= 4 is 40.4 Å². The number of ketones is 1. The lowest BCUT2D eigenvalue weighted by molar-refractivity contribution is 0.0612. The van der Waals surface area contributed by atoms with Gasteiger partial charge < -0.3 is 9.15 Å². The third kappa shape index (κ3) is 6.19. The minimum absolute atomic E-state index is 0.144. The van der Waals surface area contributed by atoms with Crippen molar-refractivity contribution in [2.24, 2.45) is 5.16 Å². The first-order valence-electron chi connectivity index (χ1n) is 11.4. The van der Waals surface area contributed by atoms with Gasteiger partial charge in [-0.2, -0.15) is 0 Å². The summed E-state index contributed by atoms with van der Waals surface area (Å²) in [5, 5.41) is 4.88. The van der Waals surface area contributed by atoms with Crippen molar-refractivity contribution in [1.29, 1.82) is 0 Å². The highest BCUT2D eigenvalue weighted by molar-refractivity contribution is 7.99. The number of hydrogen-bond acceptors (Lipinski definition) is 7. The van der Waals surface area contributed by atoms with Crippen molar-refractivity contribution in [2.75, 3.05) is 6.61 Å². The molecule has 7 heteroatoms. The van der Waals surface area contributed by atoms with Crippen LogP contribution in [0.1, 0.15) is 48.4 Å². The predicted octanol–water partition coefficient (Wildman–Crippen LogP) is 7.49. The maximum atomic E-state index is 12.8. The molecule has 0 radical (unpaired) electrons. The maximum absolute atomic E-state index is 12.8. The molecule has 0 saturated heterocycles. The second-order valence-electron chi connectivity index (χ2n) is 7.69. The molecule has 0 aliphatic heterocycles. The molecule has 4 aromatic rings. The van der Waals surface area contributed by atoms with Gasteiger partial charge in [0, 0.05) is 20.7 Å². The number of oxime groups is 1. The van der Waals surface area contributed by atoms with E-state index in [9.17, 15) is 9.59 Å². The summed E-state index contributed by atoms with van der Waals surface area (Å²) in [7, 11) is 0. The van der Waals surface area contributed by atoms with Gasteiger partial charge in [-0.1, -0.05) is 60.6 Å². The summed E-state index contributed by atoms with van der Waals surface area (Å²) >= 11 is 1.59. The summed E-state index contributed by atoms with van der Waals surface area (Å²) in [6.07, 6.45) is 0.725. The van der Waals surface area contributed by atoms with Gasteiger partial charge in [-0.15, -0.1) is 0 Å². The Morgan fingerprint density at radius 1 is 0.886 bits per heavy atom. The average molecular weight is 488 g/mol. The zero-order valence-electron chi connectivity index (χ0n) is 19.5. The topological polar surface area (TPSA) is 78.1 Å². The van der Waals surface area contributed by atoms with Crippen LogP contribution >= 0.6 is 11.8 Å². The highest BCUT2D eigenvalue weighted by Crippen LogP contribution is 2.29. The molecule has 4 rings (SSSR count). The lowest BCUT2D eigenvalue weighted by Crippen LogP contribution is -2.07. The van der Waals surface area contributed by atoms with E-state index in [2.05, 4.69) is 5.16 Å². The minimum atomic E-state index is -0.810. The van der Waals surface area contributed by atoms with Crippen molar-refractivity contribution in [3.05, 3.63) is 95.7 Å². The molecule has 0 bridgehead atoms. The molecule has 6 nitrogen and oxygen atoms in total. The lowest BCUT2D eigenvalue weighted by atomic mass is 10.1. The van der Waals surface area contributed by atoms with Crippen LogP contribution in [0.3, 0.4) is 0 Å². The van der Waals surface area contributed by atoms with Gasteiger partial charge >= 0.3 is 6.16 Å². The fourth-order valence-electron chi connectivity index (χ4n) is 3.48. The zero-order chi connectivity index (χ0) is 24.6. The molecular weight excluding hydrogens is 462 g/mol. The van der Waals surface area contributed by atoms with E-state index in [4.69, 9.17) is 14.0 Å². The monoisotopic (exact) mass is 487 g/mol. The fraction of sp³-hybridized carbons (Fsp3) is 0.179. The van der Waals surface area contributed by atoms with Gasteiger partial charge in [-0.3, -0.25) is 9.63 Å². The molecule has 0 spiro atoms. The van der Waals surface area contributed by atoms with Crippen LogP contribution < -0.4 is 0 Å². The van der Waals surface area contributed by atoms with Crippen LogP contribution in [0, 0.1) is 0 Å². The molecule has 0 amide bonds. The third-order valence-electron chi connectivity index (χ3n) is 5.17. The van der Waals surface area contributed by atoms with Crippen LogP contribution in [0.2, 0.25) is 0 Å². The SMILES string of the molecule is CCCC(=NOC(=O)OCC)c1ccc(Sc2ccc(C(=O)c3cc4ccccc4o3)cc2)cc1. The molecule has 3 aromatic carbocycles. The van der Waals surface area contributed by atoms with E-state index in [0.29, 0.717) is 29.0 Å². The first-order chi connectivity index (χ1) is 17.1. The molecule has 0 aliphatic rings. The molecular formula is C28H25NO5S. The van der Waals surface area contributed by atoms with E-state index in [0.717, 1.165) is 27.2 Å². The lowest BCUT2D eigenvalue weighted by Gasteiger charge is -2.07. The van der Waals surface area contributed by atoms with Gasteiger partial charge in [0.15, 0.2) is 5.76 Å². The number of carbonyl (C=O) groups excluding carboxylic acids is 2. The Hall–Kier alpha value is -3.84. The number of para-hydroxylation sites is 1. The van der Waals surface area contributed by atoms with Crippen LogP contribution in [-0.4, -0.2) is 24.3 Å². The normalized spacial score (nSPS) is 11.4. The number of nitrogens with zero attached hydrogens (tertiary/aromatic N) is 1. The summed E-state index contributed by atoms with van der Waals surface area (Å²) in [6, 6.07) is 24.7. The molecule has 1 aromatic heterocycles. The zero-order valence-corrected chi connectivity index (χ0v) is 20.3. The Bertz CT molecular complexity index is 1310. The number of ether oxygens (including phenoxy) is 1. The van der Waals surface area contributed by atoms with Crippen LogP contribution in [0.15, 0.2) is 98.2 Å². The van der Waals surface area contributed by atoms with Crippen molar-refractivity contribution < 1.29 is 23.6 Å². The summed E-state index contributed by atoms with van der Waals surface area (Å²) in [6.45, 7) is 3.98. The van der Waals surface area contributed by atoms with Crippen molar-refractivity contribution in [3.63, 3.8) is 0 Å². The molecule has 178 valence electrons. The number of rotatable bonds is 9. The van der Waals surface area contributed by atoms with Crippen LogP contribution in [-0.2, 0) is 9.57 Å². The van der Waals surface area contributed by atoms with E-state index in [1.807, 2.05) is 79.7 Å². The summed E-state index contributed by atoms with van der Waals surface area (Å²) in [5.74, 6) is 0.188. The average Bonchev–Trinajstić information content (AvgIpc) is 3.32. The molecule has 0 unspecified atom stereocenters. The second-order valence-corrected chi connectivity index (χ2v) is 8.84. The van der Waals surface area contributed by atoms with Crippen molar-refractivity contribution in [2.45, 2.75) is 36.5 Å². The van der Waals surface area contributed by atoms with Gasteiger partial charge in [-0.25, -0.2) is 4.79 Å². The van der Waals surface area contributed by atoms with E-state index in [1.165, 1.54) is 0 Å². The molecule has 0 fully saturated rings. The van der Waals surface area contributed by atoms with E-state index in [-0.39, 0.29) is 12.4 Å². The quantitative estimate of drug-likeness (QED) is 0.0800. The number of hydrogen-bond donors (Lipinski definition) is 0. The third-order valence-corrected chi connectivity index (χ3v) is 6.18. The molecule has 0 saturated carbocycles. The summed E-state index contributed by atoms with van der Waals surface area (Å²) in [5.41, 5.74) is 2.84. The number of benzene rings is 3. The largest absolute Gasteiger partial charge is 0.535 e. The highest BCUT2D eigenvalue weighted by atomic mass is 32.2. The van der Waals surface area contributed by atoms with Gasteiger partial charge in [0.05, 0.1) is 12.3 Å². The first kappa shape index (κ1) is 24.3. The Labute approximate surface area is 207 Å². The van der Waals surface area contributed by atoms with Crippen molar-refractivity contribution in [1.82, 2.24) is 0 Å². The molecule has 1 heterocycles. The molecule has 35 heavy (non-hydrogen) atoms. The fourth-order valence-corrected chi connectivity index (χ4v) is 4.29. The van der Waals surface area contributed by atoms with Crippen LogP contribution in [0.4, 0.5) is 4.79 Å². The smallest absolute Gasteiger partial charge is 0.453 e. The molecule has 0 atom stereocenters. The van der Waals surface area contributed by atoms with Crippen LogP contribution in [0.25, 0.3) is 11.0 Å². The van der Waals surface area contributed by atoms with E-state index >= 15 is 0 Å². The van der Waals surface area contributed by atoms with Gasteiger partial charge in [0.1, 0.15) is 5.58 Å². The van der Waals surface area contributed by atoms with E-state index in [1.54, 1.807) is 24.8 Å². The van der Waals surface area contributed by atoms with Crippen LogP contribution in [0.5, 0.6) is 0 Å². The van der Waals surface area contributed by atoms with Crippen molar-refractivity contribution in [3.8, 4) is 0 Å². The second kappa shape index (κ2) is 11.5. The van der Waals surface area contributed by atoms with Gasteiger partial charge in [0.25, 0.3) is 0 Å². The Morgan fingerprint density at radius 3 is 2.17 bits per heavy atom. The summed E-state index contributed by atoms with van der Waals surface area (Å²) in [4.78, 5) is 31.2. The minimum Gasteiger partial charge on any atom is -0.453 e. The number of furan rings is 1. The highest BCUT2D eigenvalue weighted by Gasteiger charge is 2.15. The Morgan fingerprint density at radius 2 is 1.54 bits per heavy atom. The maximum Gasteiger partial charge on any atom is 0.535 e. The summed E-state index contributed by atoms with van der Waals surface area (Å²) < 4.78 is 10.5. The Kier molecular flexibility index (Phi) is 8.00. The number of fused-ring (bicyclic) bond motifs is 1. The number of carbonyl (C=O) groups is 2. The first-order valence-corrected chi connectivity index (χ1v) is 12.2. The van der Waals surface area contributed by atoms with Gasteiger partial charge in [-0.05, 0) is 67.4 Å². The van der Waals surface area contributed by atoms with Gasteiger partial charge in [0.2, 0.25) is 5.78 Å². The Balaban J connectivity index is 1.42. The van der Waals surface area contributed by atoms with E-state index < -0.39 is 6.16 Å². The standard InChI is InChI=1S/C28H25NO5S/c1-3-7-24(29-34-28(31)32-4-2)19-10-14-22(15-11-19)35-23-16-12-20(13-17-23)27(30)26-18-21-8-5-6-9-25(21)33-26/h5-6,8-18H,3-4,7H2,1-2H3. The molecule has 0 N–H and O–H groups in total. The predicted molar refractivity (Wildman–Crippen MR) is 136 cm³/mol. The molecule has 0 aliphatic carbocycles.